The fourth-order valence-corrected chi connectivity index (χ4v) is 2.63. The average molecular weight is 234 g/mol. The highest BCUT2D eigenvalue weighted by molar-refractivity contribution is 5.30. The summed E-state index contributed by atoms with van der Waals surface area (Å²) in [5, 5.41) is 3.10. The SMILES string of the molecule is CNCc1cnc(N2CC(C)CC(C)C2)nc1. The van der Waals surface area contributed by atoms with Crippen molar-refractivity contribution < 1.29 is 0 Å². The Bertz CT molecular complexity index is 339. The third-order valence-electron chi connectivity index (χ3n) is 3.22. The van der Waals surface area contributed by atoms with Crippen molar-refractivity contribution >= 4 is 5.95 Å². The standard InChI is InChI=1S/C13H22N4/c1-10-4-11(2)9-17(8-10)13-15-6-12(5-14-3)7-16-13/h6-7,10-11,14H,4-5,8-9H2,1-3H3. The number of rotatable bonds is 3. The van der Waals surface area contributed by atoms with Gasteiger partial charge in [-0.05, 0) is 25.3 Å². The topological polar surface area (TPSA) is 41.1 Å². The van der Waals surface area contributed by atoms with Gasteiger partial charge in [-0.25, -0.2) is 9.97 Å². The number of hydrogen-bond acceptors (Lipinski definition) is 4. The van der Waals surface area contributed by atoms with Crippen LogP contribution in [0.2, 0.25) is 0 Å². The second kappa shape index (κ2) is 5.45. The quantitative estimate of drug-likeness (QED) is 0.864. The first-order chi connectivity index (χ1) is 8.19. The largest absolute Gasteiger partial charge is 0.340 e. The maximum atomic E-state index is 4.46. The molecule has 1 aliphatic heterocycles. The number of hydrogen-bond donors (Lipinski definition) is 1. The van der Waals surface area contributed by atoms with E-state index in [2.05, 4.69) is 34.0 Å². The molecule has 0 saturated carbocycles. The van der Waals surface area contributed by atoms with Crippen LogP contribution in [0, 0.1) is 11.8 Å². The zero-order valence-electron chi connectivity index (χ0n) is 11.0. The lowest BCUT2D eigenvalue weighted by Crippen LogP contribution is -2.39. The first-order valence-electron chi connectivity index (χ1n) is 6.39. The summed E-state index contributed by atoms with van der Waals surface area (Å²) in [7, 11) is 1.93. The van der Waals surface area contributed by atoms with E-state index in [4.69, 9.17) is 0 Å². The first-order valence-corrected chi connectivity index (χ1v) is 6.39. The van der Waals surface area contributed by atoms with Crippen molar-refractivity contribution in [3.63, 3.8) is 0 Å². The van der Waals surface area contributed by atoms with Crippen molar-refractivity contribution in [2.45, 2.75) is 26.8 Å². The summed E-state index contributed by atoms with van der Waals surface area (Å²) < 4.78 is 0. The average Bonchev–Trinajstić information content (AvgIpc) is 2.29. The number of aromatic nitrogens is 2. The van der Waals surface area contributed by atoms with Gasteiger partial charge in [0, 0.05) is 37.6 Å². The van der Waals surface area contributed by atoms with Crippen LogP contribution in [-0.4, -0.2) is 30.1 Å². The smallest absolute Gasteiger partial charge is 0.225 e. The van der Waals surface area contributed by atoms with Gasteiger partial charge in [0.25, 0.3) is 0 Å². The lowest BCUT2D eigenvalue weighted by atomic mass is 9.92. The highest BCUT2D eigenvalue weighted by Crippen LogP contribution is 2.23. The molecule has 0 spiro atoms. The van der Waals surface area contributed by atoms with Gasteiger partial charge < -0.3 is 10.2 Å². The van der Waals surface area contributed by atoms with E-state index in [-0.39, 0.29) is 0 Å². The molecule has 1 saturated heterocycles. The normalized spacial score (nSPS) is 25.0. The van der Waals surface area contributed by atoms with Crippen LogP contribution in [-0.2, 0) is 6.54 Å². The molecular formula is C13H22N4. The summed E-state index contributed by atoms with van der Waals surface area (Å²) >= 11 is 0. The Labute approximate surface area is 103 Å². The molecule has 1 aromatic heterocycles. The van der Waals surface area contributed by atoms with Gasteiger partial charge in [-0.1, -0.05) is 13.8 Å². The number of piperidine rings is 1. The molecule has 2 heterocycles. The predicted molar refractivity (Wildman–Crippen MR) is 70.0 cm³/mol. The highest BCUT2D eigenvalue weighted by Gasteiger charge is 2.23. The van der Waals surface area contributed by atoms with E-state index in [1.807, 2.05) is 19.4 Å². The van der Waals surface area contributed by atoms with Crippen molar-refractivity contribution in [3.05, 3.63) is 18.0 Å². The zero-order chi connectivity index (χ0) is 12.3. The van der Waals surface area contributed by atoms with Crippen molar-refractivity contribution in [2.75, 3.05) is 25.0 Å². The molecule has 1 fully saturated rings. The molecule has 4 heteroatoms. The zero-order valence-corrected chi connectivity index (χ0v) is 11.0. The molecule has 0 aliphatic carbocycles. The maximum Gasteiger partial charge on any atom is 0.225 e. The van der Waals surface area contributed by atoms with Gasteiger partial charge in [0.15, 0.2) is 0 Å². The number of anilines is 1. The Morgan fingerprint density at radius 3 is 2.35 bits per heavy atom. The van der Waals surface area contributed by atoms with Gasteiger partial charge >= 0.3 is 0 Å². The van der Waals surface area contributed by atoms with Gasteiger partial charge in [0.05, 0.1) is 0 Å². The molecule has 0 radical (unpaired) electrons. The first kappa shape index (κ1) is 12.3. The van der Waals surface area contributed by atoms with Gasteiger partial charge in [-0.2, -0.15) is 0 Å². The van der Waals surface area contributed by atoms with Gasteiger partial charge in [0.1, 0.15) is 0 Å². The van der Waals surface area contributed by atoms with E-state index >= 15 is 0 Å². The van der Waals surface area contributed by atoms with Crippen molar-refractivity contribution in [3.8, 4) is 0 Å². The van der Waals surface area contributed by atoms with Crippen LogP contribution in [0.5, 0.6) is 0 Å². The van der Waals surface area contributed by atoms with Crippen LogP contribution in [0.25, 0.3) is 0 Å². The molecule has 2 unspecified atom stereocenters. The molecule has 1 N–H and O–H groups in total. The van der Waals surface area contributed by atoms with Crippen molar-refractivity contribution in [1.29, 1.82) is 0 Å². The van der Waals surface area contributed by atoms with Crippen molar-refractivity contribution in [1.82, 2.24) is 15.3 Å². The van der Waals surface area contributed by atoms with Crippen LogP contribution < -0.4 is 10.2 Å². The van der Waals surface area contributed by atoms with E-state index in [0.717, 1.165) is 43.0 Å². The second-order valence-electron chi connectivity index (χ2n) is 5.27. The third-order valence-corrected chi connectivity index (χ3v) is 3.22. The van der Waals surface area contributed by atoms with E-state index in [9.17, 15) is 0 Å². The molecule has 2 rings (SSSR count). The Hall–Kier alpha value is -1.16. The summed E-state index contributed by atoms with van der Waals surface area (Å²) in [6, 6.07) is 0. The minimum absolute atomic E-state index is 0.735. The number of nitrogens with one attached hydrogen (secondary N) is 1. The molecule has 0 amide bonds. The molecule has 0 bridgehead atoms. The van der Waals surface area contributed by atoms with Crippen LogP contribution in [0.3, 0.4) is 0 Å². The molecule has 1 aromatic rings. The van der Waals surface area contributed by atoms with Crippen LogP contribution >= 0.6 is 0 Å². The monoisotopic (exact) mass is 234 g/mol. The van der Waals surface area contributed by atoms with E-state index in [1.54, 1.807) is 0 Å². The summed E-state index contributed by atoms with van der Waals surface area (Å²) in [4.78, 5) is 11.2. The van der Waals surface area contributed by atoms with Gasteiger partial charge in [-0.3, -0.25) is 0 Å². The fraction of sp³-hybridized carbons (Fsp3) is 0.692. The lowest BCUT2D eigenvalue weighted by molar-refractivity contribution is 0.353. The highest BCUT2D eigenvalue weighted by atomic mass is 15.3. The summed E-state index contributed by atoms with van der Waals surface area (Å²) in [6.07, 6.45) is 5.15. The lowest BCUT2D eigenvalue weighted by Gasteiger charge is -2.34. The number of nitrogens with zero attached hydrogens (tertiary/aromatic N) is 3. The Morgan fingerprint density at radius 2 is 1.82 bits per heavy atom. The summed E-state index contributed by atoms with van der Waals surface area (Å²) in [5.41, 5.74) is 1.13. The Balaban J connectivity index is 2.06. The molecule has 0 aromatic carbocycles. The molecule has 94 valence electrons. The molecule has 4 nitrogen and oxygen atoms in total. The maximum absolute atomic E-state index is 4.46. The Kier molecular flexibility index (Phi) is 3.94. The minimum atomic E-state index is 0.735. The fourth-order valence-electron chi connectivity index (χ4n) is 2.63. The minimum Gasteiger partial charge on any atom is -0.340 e. The molecule has 2 atom stereocenters. The van der Waals surface area contributed by atoms with E-state index in [0.29, 0.717) is 0 Å². The van der Waals surface area contributed by atoms with Crippen LogP contribution in [0.1, 0.15) is 25.8 Å². The predicted octanol–water partition coefficient (Wildman–Crippen LogP) is 1.68. The van der Waals surface area contributed by atoms with Gasteiger partial charge in [-0.15, -0.1) is 0 Å². The third kappa shape index (κ3) is 3.16. The van der Waals surface area contributed by atoms with Gasteiger partial charge in [0.2, 0.25) is 5.95 Å². The van der Waals surface area contributed by atoms with Crippen molar-refractivity contribution in [2.24, 2.45) is 11.8 Å². The molecule has 17 heavy (non-hydrogen) atoms. The summed E-state index contributed by atoms with van der Waals surface area (Å²) in [5.74, 6) is 2.35. The van der Waals surface area contributed by atoms with E-state index in [1.165, 1.54) is 6.42 Å². The molecule has 1 aliphatic rings. The summed E-state index contributed by atoms with van der Waals surface area (Å²) in [6.45, 7) is 7.59. The van der Waals surface area contributed by atoms with Crippen LogP contribution in [0.4, 0.5) is 5.95 Å². The second-order valence-corrected chi connectivity index (χ2v) is 5.27. The van der Waals surface area contributed by atoms with Crippen LogP contribution in [0.15, 0.2) is 12.4 Å². The molecular weight excluding hydrogens is 212 g/mol. The van der Waals surface area contributed by atoms with E-state index < -0.39 is 0 Å². The Morgan fingerprint density at radius 1 is 1.24 bits per heavy atom.